The van der Waals surface area contributed by atoms with E-state index in [2.05, 4.69) is 10.3 Å². The Hall–Kier alpha value is -2.30. The van der Waals surface area contributed by atoms with Gasteiger partial charge < -0.3 is 10.2 Å². The first-order chi connectivity index (χ1) is 14.2. The topological polar surface area (TPSA) is 99.7 Å². The van der Waals surface area contributed by atoms with E-state index in [1.165, 1.54) is 20.5 Å². The molecular formula is C20H26N4O4S2. The zero-order valence-electron chi connectivity index (χ0n) is 17.3. The summed E-state index contributed by atoms with van der Waals surface area (Å²) in [7, 11) is -2.05. The molecule has 0 spiro atoms. The van der Waals surface area contributed by atoms with Crippen molar-refractivity contribution in [1.29, 1.82) is 0 Å². The minimum Gasteiger partial charge on any atom is -0.336 e. The fourth-order valence-electron chi connectivity index (χ4n) is 3.43. The van der Waals surface area contributed by atoms with Gasteiger partial charge in [-0.2, -0.15) is 4.31 Å². The molecule has 2 aromatic rings. The summed E-state index contributed by atoms with van der Waals surface area (Å²) >= 11 is 1.23. The quantitative estimate of drug-likeness (QED) is 0.728. The number of thiophene rings is 1. The first kappa shape index (κ1) is 22.4. The van der Waals surface area contributed by atoms with Gasteiger partial charge in [-0.1, -0.05) is 0 Å². The van der Waals surface area contributed by atoms with Gasteiger partial charge in [0, 0.05) is 31.2 Å². The molecule has 0 aromatic carbocycles. The van der Waals surface area contributed by atoms with Crippen molar-refractivity contribution in [3.05, 3.63) is 40.9 Å². The minimum atomic E-state index is -3.61. The summed E-state index contributed by atoms with van der Waals surface area (Å²) in [4.78, 5) is 31.5. The van der Waals surface area contributed by atoms with E-state index in [9.17, 15) is 18.0 Å². The van der Waals surface area contributed by atoms with Crippen molar-refractivity contribution in [2.45, 2.75) is 30.9 Å². The molecule has 1 N–H and O–H groups in total. The Balaban J connectivity index is 1.60. The number of nitrogens with one attached hydrogen (secondary N) is 1. The molecule has 2 amide bonds. The summed E-state index contributed by atoms with van der Waals surface area (Å²) in [5.41, 5.74) is 0.967. The number of amides is 2. The van der Waals surface area contributed by atoms with Crippen molar-refractivity contribution in [3.8, 4) is 0 Å². The molecule has 0 bridgehead atoms. The van der Waals surface area contributed by atoms with Crippen molar-refractivity contribution in [2.75, 3.05) is 32.0 Å². The van der Waals surface area contributed by atoms with E-state index in [0.29, 0.717) is 29.4 Å². The molecule has 1 aliphatic rings. The third-order valence-electron chi connectivity index (χ3n) is 4.98. The average molecular weight is 451 g/mol. The number of carbonyl (C=O) groups excluding carboxylic acids is 2. The lowest BCUT2D eigenvalue weighted by Crippen LogP contribution is -2.47. The van der Waals surface area contributed by atoms with Crippen LogP contribution in [0.4, 0.5) is 5.82 Å². The molecule has 1 atom stereocenters. The number of hydrogen-bond acceptors (Lipinski definition) is 6. The molecule has 0 aliphatic carbocycles. The van der Waals surface area contributed by atoms with Crippen molar-refractivity contribution in [2.24, 2.45) is 5.92 Å². The number of hydrogen-bond donors (Lipinski definition) is 1. The number of rotatable bonds is 6. The molecule has 1 fully saturated rings. The minimum absolute atomic E-state index is 0.123. The maximum absolute atomic E-state index is 12.9. The molecule has 162 valence electrons. The zero-order chi connectivity index (χ0) is 21.9. The fraction of sp³-hybridized carbons (Fsp3) is 0.450. The highest BCUT2D eigenvalue weighted by Crippen LogP contribution is 2.28. The normalized spacial score (nSPS) is 17.5. The highest BCUT2D eigenvalue weighted by atomic mass is 32.2. The summed E-state index contributed by atoms with van der Waals surface area (Å²) in [6, 6.07) is 6.96. The fourth-order valence-corrected chi connectivity index (χ4v) is 6.39. The third-order valence-corrected chi connectivity index (χ3v) is 8.32. The number of piperidine rings is 1. The van der Waals surface area contributed by atoms with Crippen LogP contribution in [0.5, 0.6) is 0 Å². The Labute approximate surface area is 181 Å². The standard InChI is InChI=1S/C20H26N4O4S2/c1-14-8-9-21-17(11-14)22-18(25)13-23(3)20(26)16-5-4-10-24(12-16)30(27,28)19-7-6-15(2)29-19/h6-9,11,16H,4-5,10,12-13H2,1-3H3,(H,21,22,25). The Morgan fingerprint density at radius 2 is 2.07 bits per heavy atom. The summed E-state index contributed by atoms with van der Waals surface area (Å²) in [6.45, 7) is 4.16. The van der Waals surface area contributed by atoms with E-state index in [1.54, 1.807) is 31.4 Å². The first-order valence-electron chi connectivity index (χ1n) is 9.71. The summed E-state index contributed by atoms with van der Waals surface area (Å²) in [5.74, 6) is -0.616. The lowest BCUT2D eigenvalue weighted by molar-refractivity contribution is -0.138. The van der Waals surface area contributed by atoms with E-state index < -0.39 is 15.9 Å². The lowest BCUT2D eigenvalue weighted by Gasteiger charge is -2.32. The van der Waals surface area contributed by atoms with Gasteiger partial charge in [0.05, 0.1) is 12.5 Å². The van der Waals surface area contributed by atoms with E-state index in [4.69, 9.17) is 0 Å². The molecule has 0 radical (unpaired) electrons. The number of likely N-dealkylation sites (N-methyl/N-ethyl adjacent to an activating group) is 1. The van der Waals surface area contributed by atoms with Crippen LogP contribution in [0.1, 0.15) is 23.3 Å². The van der Waals surface area contributed by atoms with Crippen LogP contribution in [0.3, 0.4) is 0 Å². The van der Waals surface area contributed by atoms with Crippen molar-refractivity contribution in [1.82, 2.24) is 14.2 Å². The van der Waals surface area contributed by atoms with E-state index in [0.717, 1.165) is 10.4 Å². The van der Waals surface area contributed by atoms with Crippen LogP contribution in [0.15, 0.2) is 34.7 Å². The first-order valence-corrected chi connectivity index (χ1v) is 12.0. The predicted octanol–water partition coefficient (Wildman–Crippen LogP) is 2.26. The molecule has 3 heterocycles. The van der Waals surface area contributed by atoms with Gasteiger partial charge in [-0.3, -0.25) is 9.59 Å². The SMILES string of the molecule is Cc1ccnc(NC(=O)CN(C)C(=O)C2CCCN(S(=O)(=O)c3ccc(C)s3)C2)c1. The Morgan fingerprint density at radius 1 is 1.30 bits per heavy atom. The molecule has 1 aliphatic heterocycles. The highest BCUT2D eigenvalue weighted by Gasteiger charge is 2.35. The average Bonchev–Trinajstić information content (AvgIpc) is 3.14. The van der Waals surface area contributed by atoms with Gasteiger partial charge in [-0.05, 0) is 56.5 Å². The van der Waals surface area contributed by atoms with Crippen molar-refractivity contribution < 1.29 is 18.0 Å². The number of carbonyl (C=O) groups is 2. The van der Waals surface area contributed by atoms with Crippen LogP contribution in [0.25, 0.3) is 0 Å². The number of pyridine rings is 1. The summed E-state index contributed by atoms with van der Waals surface area (Å²) < 4.78 is 27.5. The van der Waals surface area contributed by atoms with E-state index in [1.807, 2.05) is 19.9 Å². The Morgan fingerprint density at radius 3 is 2.73 bits per heavy atom. The maximum Gasteiger partial charge on any atom is 0.252 e. The second-order valence-corrected chi connectivity index (χ2v) is 11.0. The van der Waals surface area contributed by atoms with E-state index >= 15 is 0 Å². The van der Waals surface area contributed by atoms with Crippen LogP contribution in [-0.4, -0.2) is 61.1 Å². The van der Waals surface area contributed by atoms with Gasteiger partial charge >= 0.3 is 0 Å². The Kier molecular flexibility index (Phi) is 6.89. The second-order valence-electron chi connectivity index (χ2n) is 7.53. The molecule has 1 unspecified atom stereocenters. The van der Waals surface area contributed by atoms with Gasteiger partial charge in [0.25, 0.3) is 10.0 Å². The van der Waals surface area contributed by atoms with Gasteiger partial charge in [0.15, 0.2) is 0 Å². The number of sulfonamides is 1. The predicted molar refractivity (Wildman–Crippen MR) is 116 cm³/mol. The van der Waals surface area contributed by atoms with Crippen LogP contribution in [0.2, 0.25) is 0 Å². The summed E-state index contributed by atoms with van der Waals surface area (Å²) in [5, 5.41) is 2.68. The van der Waals surface area contributed by atoms with Crippen LogP contribution >= 0.6 is 11.3 Å². The molecule has 30 heavy (non-hydrogen) atoms. The van der Waals surface area contributed by atoms with E-state index in [-0.39, 0.29) is 24.9 Å². The van der Waals surface area contributed by atoms with Gasteiger partial charge in [0.1, 0.15) is 10.0 Å². The third kappa shape index (κ3) is 5.24. The molecular weight excluding hydrogens is 424 g/mol. The monoisotopic (exact) mass is 450 g/mol. The molecule has 3 rings (SSSR count). The molecule has 10 heteroatoms. The second kappa shape index (κ2) is 9.23. The number of nitrogens with zero attached hydrogens (tertiary/aromatic N) is 3. The van der Waals surface area contributed by atoms with Crippen LogP contribution in [-0.2, 0) is 19.6 Å². The highest BCUT2D eigenvalue weighted by molar-refractivity contribution is 7.91. The number of anilines is 1. The zero-order valence-corrected chi connectivity index (χ0v) is 18.9. The van der Waals surface area contributed by atoms with Gasteiger partial charge in [0.2, 0.25) is 11.8 Å². The smallest absolute Gasteiger partial charge is 0.252 e. The summed E-state index contributed by atoms with van der Waals surface area (Å²) in [6.07, 6.45) is 2.80. The molecule has 2 aromatic heterocycles. The number of aromatic nitrogens is 1. The van der Waals surface area contributed by atoms with Gasteiger partial charge in [-0.25, -0.2) is 13.4 Å². The molecule has 8 nitrogen and oxygen atoms in total. The Bertz CT molecular complexity index is 1030. The molecule has 0 saturated carbocycles. The maximum atomic E-state index is 12.9. The largest absolute Gasteiger partial charge is 0.336 e. The van der Waals surface area contributed by atoms with Crippen molar-refractivity contribution >= 4 is 39.0 Å². The molecule has 1 saturated heterocycles. The number of aryl methyl sites for hydroxylation is 2. The lowest BCUT2D eigenvalue weighted by atomic mass is 9.98. The van der Waals surface area contributed by atoms with Crippen LogP contribution in [0, 0.1) is 19.8 Å². The van der Waals surface area contributed by atoms with Crippen LogP contribution < -0.4 is 5.32 Å². The van der Waals surface area contributed by atoms with Crippen molar-refractivity contribution in [3.63, 3.8) is 0 Å². The van der Waals surface area contributed by atoms with Gasteiger partial charge in [-0.15, -0.1) is 11.3 Å².